The van der Waals surface area contributed by atoms with Crippen molar-refractivity contribution in [1.29, 1.82) is 0 Å². The molecule has 3 nitrogen and oxygen atoms in total. The van der Waals surface area contributed by atoms with E-state index in [0.717, 1.165) is 5.56 Å². The molecule has 4 heteroatoms. The molecule has 0 bridgehead atoms. The Hall–Kier alpha value is -2.20. The molecule has 1 unspecified atom stereocenters. The molecule has 2 aromatic carbocycles. The van der Waals surface area contributed by atoms with E-state index in [2.05, 4.69) is 5.32 Å². The molecular weight excluding hydrogens is 255 g/mol. The second-order valence-corrected chi connectivity index (χ2v) is 4.73. The number of aryl methyl sites for hydroxylation is 1. The smallest absolute Gasteiger partial charge is 0.226 e. The van der Waals surface area contributed by atoms with Gasteiger partial charge in [-0.1, -0.05) is 30.3 Å². The lowest BCUT2D eigenvalue weighted by Gasteiger charge is -2.13. The predicted molar refractivity (Wildman–Crippen MR) is 77.8 cm³/mol. The molecule has 0 aromatic heterocycles. The van der Waals surface area contributed by atoms with Crippen molar-refractivity contribution in [3.8, 4) is 0 Å². The van der Waals surface area contributed by atoms with Crippen LogP contribution >= 0.6 is 0 Å². The fourth-order valence-electron chi connectivity index (χ4n) is 1.99. The Morgan fingerprint density at radius 1 is 1.25 bits per heavy atom. The maximum Gasteiger partial charge on any atom is 0.226 e. The highest BCUT2D eigenvalue weighted by Crippen LogP contribution is 2.18. The van der Waals surface area contributed by atoms with Crippen LogP contribution in [0.4, 0.5) is 10.1 Å². The van der Waals surface area contributed by atoms with Gasteiger partial charge in [0.1, 0.15) is 5.82 Å². The van der Waals surface area contributed by atoms with E-state index in [0.29, 0.717) is 11.3 Å². The number of nitrogens with two attached hydrogens (primary N) is 1. The molecule has 0 fully saturated rings. The monoisotopic (exact) mass is 272 g/mol. The Balaban J connectivity index is 1.99. The molecule has 0 spiro atoms. The molecule has 0 saturated heterocycles. The Labute approximate surface area is 117 Å². The lowest BCUT2D eigenvalue weighted by Crippen LogP contribution is -2.20. The van der Waals surface area contributed by atoms with Gasteiger partial charge in [0.2, 0.25) is 5.91 Å². The maximum atomic E-state index is 13.0. The van der Waals surface area contributed by atoms with E-state index in [4.69, 9.17) is 5.73 Å². The summed E-state index contributed by atoms with van der Waals surface area (Å²) < 4.78 is 13.0. The lowest BCUT2D eigenvalue weighted by molar-refractivity contribution is -0.116. The summed E-state index contributed by atoms with van der Waals surface area (Å²) in [5.74, 6) is -0.502. The quantitative estimate of drug-likeness (QED) is 0.898. The maximum absolute atomic E-state index is 13.0. The summed E-state index contributed by atoms with van der Waals surface area (Å²) >= 11 is 0. The number of nitrogens with one attached hydrogen (secondary N) is 1. The predicted octanol–water partition coefficient (Wildman–Crippen LogP) is 3.16. The molecular formula is C16H17FN2O. The minimum absolute atomic E-state index is 0.181. The molecule has 20 heavy (non-hydrogen) atoms. The third kappa shape index (κ3) is 3.65. The van der Waals surface area contributed by atoms with E-state index >= 15 is 0 Å². The zero-order valence-corrected chi connectivity index (χ0v) is 11.3. The number of anilines is 1. The summed E-state index contributed by atoms with van der Waals surface area (Å²) in [4.78, 5) is 11.9. The standard InChI is InChI=1S/C16H17FN2O/c1-11-9-13(17)7-8-15(11)19-16(20)10-14(18)12-5-3-2-4-6-12/h2-9,14H,10,18H2,1H3,(H,19,20). The molecule has 0 aliphatic rings. The van der Waals surface area contributed by atoms with Crippen molar-refractivity contribution in [2.24, 2.45) is 5.73 Å². The van der Waals surface area contributed by atoms with Crippen molar-refractivity contribution < 1.29 is 9.18 Å². The number of carbonyl (C=O) groups is 1. The zero-order chi connectivity index (χ0) is 14.5. The molecule has 104 valence electrons. The van der Waals surface area contributed by atoms with Crippen molar-refractivity contribution in [3.05, 3.63) is 65.5 Å². The Kier molecular flexibility index (Phi) is 4.48. The van der Waals surface area contributed by atoms with Crippen molar-refractivity contribution >= 4 is 11.6 Å². The first-order chi connectivity index (χ1) is 9.56. The van der Waals surface area contributed by atoms with Crippen molar-refractivity contribution in [2.75, 3.05) is 5.32 Å². The molecule has 1 atom stereocenters. The van der Waals surface area contributed by atoms with Crippen molar-refractivity contribution in [2.45, 2.75) is 19.4 Å². The average Bonchev–Trinajstić information content (AvgIpc) is 2.43. The Morgan fingerprint density at radius 3 is 2.60 bits per heavy atom. The van der Waals surface area contributed by atoms with Gasteiger partial charge >= 0.3 is 0 Å². The number of halogens is 1. The zero-order valence-electron chi connectivity index (χ0n) is 11.3. The van der Waals surface area contributed by atoms with Crippen LogP contribution in [-0.2, 0) is 4.79 Å². The van der Waals surface area contributed by atoms with E-state index in [1.54, 1.807) is 13.0 Å². The van der Waals surface area contributed by atoms with Gasteiger partial charge in [-0.2, -0.15) is 0 Å². The largest absolute Gasteiger partial charge is 0.326 e. The second kappa shape index (κ2) is 6.30. The van der Waals surface area contributed by atoms with Gasteiger partial charge in [0.15, 0.2) is 0 Å². The molecule has 0 aliphatic heterocycles. The fraction of sp³-hybridized carbons (Fsp3) is 0.188. The molecule has 0 aliphatic carbocycles. The summed E-state index contributed by atoms with van der Waals surface area (Å²) in [6, 6.07) is 13.4. The minimum atomic E-state index is -0.350. The van der Waals surface area contributed by atoms with E-state index in [9.17, 15) is 9.18 Å². The Morgan fingerprint density at radius 2 is 1.95 bits per heavy atom. The van der Waals surface area contributed by atoms with Crippen LogP contribution in [0.1, 0.15) is 23.6 Å². The van der Waals surface area contributed by atoms with E-state index in [1.807, 2.05) is 30.3 Å². The van der Waals surface area contributed by atoms with E-state index in [-0.39, 0.29) is 24.2 Å². The highest BCUT2D eigenvalue weighted by atomic mass is 19.1. The van der Waals surface area contributed by atoms with Crippen LogP contribution in [0.5, 0.6) is 0 Å². The SMILES string of the molecule is Cc1cc(F)ccc1NC(=O)CC(N)c1ccccc1. The van der Waals surface area contributed by atoms with Crippen LogP contribution < -0.4 is 11.1 Å². The topological polar surface area (TPSA) is 55.1 Å². The molecule has 1 amide bonds. The first kappa shape index (κ1) is 14.2. The molecule has 0 heterocycles. The van der Waals surface area contributed by atoms with Crippen LogP contribution in [0, 0.1) is 12.7 Å². The highest BCUT2D eigenvalue weighted by molar-refractivity contribution is 5.91. The molecule has 0 saturated carbocycles. The molecule has 2 rings (SSSR count). The molecule has 0 radical (unpaired) electrons. The van der Waals surface area contributed by atoms with Gasteiger partial charge in [-0.3, -0.25) is 4.79 Å². The normalized spacial score (nSPS) is 11.9. The van der Waals surface area contributed by atoms with Crippen LogP contribution in [-0.4, -0.2) is 5.91 Å². The van der Waals surface area contributed by atoms with Crippen molar-refractivity contribution in [3.63, 3.8) is 0 Å². The van der Waals surface area contributed by atoms with Crippen LogP contribution in [0.2, 0.25) is 0 Å². The Bertz CT molecular complexity index is 599. The summed E-state index contributed by atoms with van der Waals surface area (Å²) in [5, 5.41) is 2.75. The number of hydrogen-bond donors (Lipinski definition) is 2. The second-order valence-electron chi connectivity index (χ2n) is 4.73. The first-order valence-corrected chi connectivity index (χ1v) is 6.43. The molecule has 2 aromatic rings. The highest BCUT2D eigenvalue weighted by Gasteiger charge is 2.12. The summed E-state index contributed by atoms with van der Waals surface area (Å²) in [7, 11) is 0. The summed E-state index contributed by atoms with van der Waals surface area (Å²) in [6.45, 7) is 1.75. The number of hydrogen-bond acceptors (Lipinski definition) is 2. The summed E-state index contributed by atoms with van der Waals surface area (Å²) in [6.07, 6.45) is 0.181. The first-order valence-electron chi connectivity index (χ1n) is 6.43. The van der Waals surface area contributed by atoms with Gasteiger partial charge in [0.25, 0.3) is 0 Å². The fourth-order valence-corrected chi connectivity index (χ4v) is 1.99. The van der Waals surface area contributed by atoms with Gasteiger partial charge in [0, 0.05) is 18.2 Å². The molecule has 3 N–H and O–H groups in total. The van der Waals surface area contributed by atoms with Crippen LogP contribution in [0.15, 0.2) is 48.5 Å². The minimum Gasteiger partial charge on any atom is -0.326 e. The van der Waals surface area contributed by atoms with E-state index < -0.39 is 0 Å². The van der Waals surface area contributed by atoms with Gasteiger partial charge in [-0.15, -0.1) is 0 Å². The van der Waals surface area contributed by atoms with Crippen LogP contribution in [0.3, 0.4) is 0 Å². The lowest BCUT2D eigenvalue weighted by atomic mass is 10.0. The number of rotatable bonds is 4. The third-order valence-electron chi connectivity index (χ3n) is 3.10. The average molecular weight is 272 g/mol. The van der Waals surface area contributed by atoms with Gasteiger partial charge in [-0.05, 0) is 36.2 Å². The van der Waals surface area contributed by atoms with Crippen molar-refractivity contribution in [1.82, 2.24) is 0 Å². The number of amides is 1. The summed E-state index contributed by atoms with van der Waals surface area (Å²) in [5.41, 5.74) is 8.20. The number of benzene rings is 2. The third-order valence-corrected chi connectivity index (χ3v) is 3.10. The van der Waals surface area contributed by atoms with Gasteiger partial charge < -0.3 is 11.1 Å². The van der Waals surface area contributed by atoms with Gasteiger partial charge in [0.05, 0.1) is 0 Å². The van der Waals surface area contributed by atoms with Gasteiger partial charge in [-0.25, -0.2) is 4.39 Å². The van der Waals surface area contributed by atoms with Crippen LogP contribution in [0.25, 0.3) is 0 Å². The number of carbonyl (C=O) groups excluding carboxylic acids is 1. The van der Waals surface area contributed by atoms with E-state index in [1.165, 1.54) is 12.1 Å².